The van der Waals surface area contributed by atoms with Crippen LogP contribution >= 0.6 is 0 Å². The number of benzene rings is 2. The third-order valence-electron chi connectivity index (χ3n) is 4.67. The number of nitrogens with one attached hydrogen (secondary N) is 1. The van der Waals surface area contributed by atoms with Crippen LogP contribution in [-0.4, -0.2) is 41.5 Å². The highest BCUT2D eigenvalue weighted by Crippen LogP contribution is 2.37. The van der Waals surface area contributed by atoms with Gasteiger partial charge in [-0.05, 0) is 50.6 Å². The van der Waals surface area contributed by atoms with E-state index in [4.69, 9.17) is 9.47 Å². The van der Waals surface area contributed by atoms with Crippen LogP contribution in [0.25, 0.3) is 0 Å². The summed E-state index contributed by atoms with van der Waals surface area (Å²) in [5.74, 6) is -1.14. The number of carbonyl (C=O) groups is 3. The van der Waals surface area contributed by atoms with Crippen molar-refractivity contribution in [3.8, 4) is 5.75 Å². The number of amides is 2. The molecule has 10 heteroatoms. The van der Waals surface area contributed by atoms with Crippen LogP contribution in [0.1, 0.15) is 37.6 Å². The average molecular weight is 441 g/mol. The van der Waals surface area contributed by atoms with E-state index in [1.54, 1.807) is 32.9 Å². The maximum atomic E-state index is 12.8. The number of carbonyl (C=O) groups excluding carboxylic acids is 3. The van der Waals surface area contributed by atoms with Crippen LogP contribution in [0.5, 0.6) is 5.75 Å². The fourth-order valence-corrected chi connectivity index (χ4v) is 3.16. The van der Waals surface area contributed by atoms with E-state index in [0.29, 0.717) is 23.4 Å². The van der Waals surface area contributed by atoms with Crippen molar-refractivity contribution in [2.75, 3.05) is 16.8 Å². The number of esters is 1. The molecule has 168 valence electrons. The smallest absolute Gasteiger partial charge is 0.338 e. The molecular weight excluding hydrogens is 418 g/mol. The monoisotopic (exact) mass is 441 g/mol. The number of hydrogen-bond acceptors (Lipinski definition) is 7. The molecule has 1 heterocycles. The quantitative estimate of drug-likeness (QED) is 0.397. The summed E-state index contributed by atoms with van der Waals surface area (Å²) in [5, 5.41) is 13.8. The number of rotatable bonds is 7. The standard InChI is InChI=1S/C22H23N3O7/c1-4-18-21(27)24(17-11-16(25(29)30)9-10-19(17)32-18)12-20(26)23-15-7-5-14(6-8-15)22(28)31-13(2)3/h5-11,13,18H,4,12H2,1-3H3,(H,23,26). The Kier molecular flexibility index (Phi) is 6.72. The third kappa shape index (κ3) is 5.02. The molecule has 0 radical (unpaired) electrons. The van der Waals surface area contributed by atoms with Gasteiger partial charge in [0.15, 0.2) is 6.10 Å². The van der Waals surface area contributed by atoms with Crippen molar-refractivity contribution in [2.45, 2.75) is 39.4 Å². The molecule has 0 aromatic heterocycles. The highest BCUT2D eigenvalue weighted by molar-refractivity contribution is 6.06. The van der Waals surface area contributed by atoms with Crippen molar-refractivity contribution >= 4 is 34.8 Å². The second-order valence-electron chi connectivity index (χ2n) is 7.43. The van der Waals surface area contributed by atoms with Crippen LogP contribution < -0.4 is 15.0 Å². The minimum absolute atomic E-state index is 0.163. The van der Waals surface area contributed by atoms with Crippen molar-refractivity contribution in [3.05, 3.63) is 58.1 Å². The van der Waals surface area contributed by atoms with Gasteiger partial charge in [0, 0.05) is 17.8 Å². The van der Waals surface area contributed by atoms with Crippen molar-refractivity contribution in [1.29, 1.82) is 0 Å². The van der Waals surface area contributed by atoms with Gasteiger partial charge in [0.05, 0.1) is 22.3 Å². The summed E-state index contributed by atoms with van der Waals surface area (Å²) >= 11 is 0. The Morgan fingerprint density at radius 2 is 1.91 bits per heavy atom. The molecule has 3 rings (SSSR count). The Morgan fingerprint density at radius 1 is 1.22 bits per heavy atom. The number of anilines is 2. The van der Waals surface area contributed by atoms with Gasteiger partial charge < -0.3 is 14.8 Å². The number of nitrogens with zero attached hydrogens (tertiary/aromatic N) is 2. The zero-order chi connectivity index (χ0) is 23.4. The van der Waals surface area contributed by atoms with E-state index in [2.05, 4.69) is 5.32 Å². The maximum Gasteiger partial charge on any atom is 0.338 e. The predicted molar refractivity (Wildman–Crippen MR) is 116 cm³/mol. The highest BCUT2D eigenvalue weighted by atomic mass is 16.6. The summed E-state index contributed by atoms with van der Waals surface area (Å²) in [6.07, 6.45) is -0.664. The van der Waals surface area contributed by atoms with Crippen LogP contribution in [0.15, 0.2) is 42.5 Å². The lowest BCUT2D eigenvalue weighted by molar-refractivity contribution is -0.384. The minimum Gasteiger partial charge on any atom is -0.478 e. The van der Waals surface area contributed by atoms with Crippen molar-refractivity contribution in [1.82, 2.24) is 0 Å². The van der Waals surface area contributed by atoms with Gasteiger partial charge >= 0.3 is 5.97 Å². The first-order valence-electron chi connectivity index (χ1n) is 10.1. The largest absolute Gasteiger partial charge is 0.478 e. The summed E-state index contributed by atoms with van der Waals surface area (Å²) in [4.78, 5) is 49.1. The summed E-state index contributed by atoms with van der Waals surface area (Å²) in [6.45, 7) is 4.90. The third-order valence-corrected chi connectivity index (χ3v) is 4.67. The van der Waals surface area contributed by atoms with Gasteiger partial charge in [-0.25, -0.2) is 4.79 Å². The normalized spacial score (nSPS) is 15.1. The molecule has 2 aromatic rings. The van der Waals surface area contributed by atoms with Gasteiger partial charge in [0.2, 0.25) is 5.91 Å². The zero-order valence-electron chi connectivity index (χ0n) is 17.9. The van der Waals surface area contributed by atoms with Gasteiger partial charge in [-0.15, -0.1) is 0 Å². The number of non-ortho nitro benzene ring substituents is 1. The number of nitro groups is 1. The van der Waals surface area contributed by atoms with E-state index in [1.807, 2.05) is 0 Å². The Morgan fingerprint density at radius 3 is 2.50 bits per heavy atom. The molecule has 0 spiro atoms. The average Bonchev–Trinajstić information content (AvgIpc) is 2.75. The van der Waals surface area contributed by atoms with Gasteiger partial charge in [-0.2, -0.15) is 0 Å². The van der Waals surface area contributed by atoms with E-state index in [-0.39, 0.29) is 24.0 Å². The van der Waals surface area contributed by atoms with Gasteiger partial charge in [0.25, 0.3) is 11.6 Å². The van der Waals surface area contributed by atoms with E-state index in [0.717, 1.165) is 0 Å². The summed E-state index contributed by atoms with van der Waals surface area (Å²) < 4.78 is 10.8. The zero-order valence-corrected chi connectivity index (χ0v) is 17.9. The summed E-state index contributed by atoms with van der Waals surface area (Å²) in [5.41, 5.74) is 0.704. The Hall–Kier alpha value is -3.95. The number of fused-ring (bicyclic) bond motifs is 1. The van der Waals surface area contributed by atoms with Crippen LogP contribution in [0.3, 0.4) is 0 Å². The lowest BCUT2D eigenvalue weighted by Gasteiger charge is -2.33. The van der Waals surface area contributed by atoms with Crippen LogP contribution in [0, 0.1) is 10.1 Å². The Bertz CT molecular complexity index is 1050. The fraction of sp³-hybridized carbons (Fsp3) is 0.318. The van der Waals surface area contributed by atoms with E-state index in [9.17, 15) is 24.5 Å². The first-order chi connectivity index (χ1) is 15.2. The van der Waals surface area contributed by atoms with Gasteiger partial charge in [-0.1, -0.05) is 6.92 Å². The van der Waals surface area contributed by atoms with Gasteiger partial charge in [-0.3, -0.25) is 24.6 Å². The molecule has 1 N–H and O–H groups in total. The molecule has 2 aromatic carbocycles. The number of ether oxygens (including phenoxy) is 2. The first-order valence-corrected chi connectivity index (χ1v) is 10.1. The highest BCUT2D eigenvalue weighted by Gasteiger charge is 2.35. The Balaban J connectivity index is 1.76. The Labute approximate surface area is 184 Å². The maximum absolute atomic E-state index is 12.8. The molecule has 0 fully saturated rings. The lowest BCUT2D eigenvalue weighted by atomic mass is 10.1. The molecule has 0 aliphatic carbocycles. The fourth-order valence-electron chi connectivity index (χ4n) is 3.16. The van der Waals surface area contributed by atoms with Crippen LogP contribution in [0.4, 0.5) is 17.1 Å². The second-order valence-corrected chi connectivity index (χ2v) is 7.43. The number of hydrogen-bond donors (Lipinski definition) is 1. The van der Waals surface area contributed by atoms with Gasteiger partial charge in [0.1, 0.15) is 12.3 Å². The van der Waals surface area contributed by atoms with Crippen molar-refractivity contribution in [3.63, 3.8) is 0 Å². The summed E-state index contributed by atoms with van der Waals surface area (Å²) in [6, 6.07) is 10.0. The van der Waals surface area contributed by atoms with Crippen molar-refractivity contribution in [2.24, 2.45) is 0 Å². The molecule has 10 nitrogen and oxygen atoms in total. The van der Waals surface area contributed by atoms with E-state index < -0.39 is 28.8 Å². The summed E-state index contributed by atoms with van der Waals surface area (Å²) in [7, 11) is 0. The van der Waals surface area contributed by atoms with Crippen LogP contribution in [0.2, 0.25) is 0 Å². The first kappa shape index (κ1) is 22.7. The molecule has 0 saturated heterocycles. The number of nitro benzene ring substituents is 1. The molecular formula is C22H23N3O7. The SMILES string of the molecule is CCC1Oc2ccc([N+](=O)[O-])cc2N(CC(=O)Nc2ccc(C(=O)OC(C)C)cc2)C1=O. The topological polar surface area (TPSA) is 128 Å². The van der Waals surface area contributed by atoms with Crippen molar-refractivity contribution < 1.29 is 28.8 Å². The molecule has 1 aliphatic rings. The molecule has 0 saturated carbocycles. The molecule has 0 bridgehead atoms. The lowest BCUT2D eigenvalue weighted by Crippen LogP contribution is -2.48. The minimum atomic E-state index is -0.789. The molecule has 1 unspecified atom stereocenters. The molecule has 1 aliphatic heterocycles. The predicted octanol–water partition coefficient (Wildman–Crippen LogP) is 3.30. The van der Waals surface area contributed by atoms with Crippen LogP contribution in [-0.2, 0) is 14.3 Å². The van der Waals surface area contributed by atoms with E-state index in [1.165, 1.54) is 35.2 Å². The second kappa shape index (κ2) is 9.46. The molecule has 32 heavy (non-hydrogen) atoms. The molecule has 2 amide bonds. The molecule has 1 atom stereocenters. The van der Waals surface area contributed by atoms with E-state index >= 15 is 0 Å².